The van der Waals surface area contributed by atoms with Crippen molar-refractivity contribution in [3.8, 4) is 0 Å². The third-order valence-electron chi connectivity index (χ3n) is 5.37. The molecule has 3 nitrogen and oxygen atoms in total. The first-order valence-electron chi connectivity index (χ1n) is 8.24. The van der Waals surface area contributed by atoms with Crippen LogP contribution < -0.4 is 0 Å². The Kier molecular flexibility index (Phi) is 3.44. The van der Waals surface area contributed by atoms with E-state index in [-0.39, 0.29) is 0 Å². The molecule has 1 fully saturated rings. The second kappa shape index (κ2) is 5.34. The first kappa shape index (κ1) is 14.2. The quantitative estimate of drug-likeness (QED) is 0.380. The van der Waals surface area contributed by atoms with Crippen molar-refractivity contribution in [1.29, 1.82) is 0 Å². The van der Waals surface area contributed by atoms with Gasteiger partial charge in [0, 0.05) is 0 Å². The van der Waals surface area contributed by atoms with Gasteiger partial charge < -0.3 is 4.74 Å². The molecule has 0 bridgehead atoms. The molecule has 3 heteroatoms. The van der Waals surface area contributed by atoms with Gasteiger partial charge in [-0.2, -0.15) is 0 Å². The van der Waals surface area contributed by atoms with E-state index >= 15 is 0 Å². The highest BCUT2D eigenvalue weighted by molar-refractivity contribution is 5.48. The molecular formula is C19H22O3. The van der Waals surface area contributed by atoms with E-state index in [1.54, 1.807) is 0 Å². The molecule has 0 radical (unpaired) electrons. The first-order chi connectivity index (χ1) is 10.8. The summed E-state index contributed by atoms with van der Waals surface area (Å²) in [6.07, 6.45) is 10.9. The second-order valence-electron chi connectivity index (χ2n) is 6.50. The smallest absolute Gasteiger partial charge is 0.184 e. The molecule has 1 aromatic rings. The molecule has 4 rings (SSSR count). The van der Waals surface area contributed by atoms with Gasteiger partial charge >= 0.3 is 0 Å². The zero-order chi connectivity index (χ0) is 15.0. The minimum atomic E-state index is -0.888. The zero-order valence-electron chi connectivity index (χ0n) is 12.8. The average Bonchev–Trinajstić information content (AvgIpc) is 3.00. The summed E-state index contributed by atoms with van der Waals surface area (Å²) in [5, 5.41) is 10.1. The number of ether oxygens (including phenoxy) is 1. The Morgan fingerprint density at radius 3 is 2.32 bits per heavy atom. The third-order valence-corrected chi connectivity index (χ3v) is 5.37. The van der Waals surface area contributed by atoms with Crippen LogP contribution in [0.1, 0.15) is 44.1 Å². The molecule has 2 aliphatic carbocycles. The van der Waals surface area contributed by atoms with Crippen molar-refractivity contribution in [3.05, 3.63) is 59.2 Å². The summed E-state index contributed by atoms with van der Waals surface area (Å²) in [6, 6.07) is 10.1. The van der Waals surface area contributed by atoms with E-state index in [1.807, 2.05) is 30.3 Å². The lowest BCUT2D eigenvalue weighted by Gasteiger charge is -2.38. The molecule has 0 spiro atoms. The highest BCUT2D eigenvalue weighted by Crippen LogP contribution is 2.59. The van der Waals surface area contributed by atoms with Crippen molar-refractivity contribution in [2.24, 2.45) is 0 Å². The summed E-state index contributed by atoms with van der Waals surface area (Å²) in [5.41, 5.74) is 2.03. The van der Waals surface area contributed by atoms with Gasteiger partial charge in [0.2, 0.25) is 0 Å². The Morgan fingerprint density at radius 2 is 1.77 bits per heavy atom. The van der Waals surface area contributed by atoms with Crippen molar-refractivity contribution >= 4 is 0 Å². The van der Waals surface area contributed by atoms with Crippen LogP contribution in [0, 0.1) is 0 Å². The van der Waals surface area contributed by atoms with Gasteiger partial charge in [0.25, 0.3) is 0 Å². The van der Waals surface area contributed by atoms with Crippen LogP contribution >= 0.6 is 0 Å². The molecule has 2 unspecified atom stereocenters. The Hall–Kier alpha value is -1.42. The summed E-state index contributed by atoms with van der Waals surface area (Å²) in [6.45, 7) is 0.617. The molecule has 0 amide bonds. The average molecular weight is 298 g/mol. The van der Waals surface area contributed by atoms with E-state index in [0.717, 1.165) is 49.7 Å². The molecule has 2 atom stereocenters. The monoisotopic (exact) mass is 298 g/mol. The summed E-state index contributed by atoms with van der Waals surface area (Å²) >= 11 is 0. The topological polar surface area (TPSA) is 42.0 Å². The van der Waals surface area contributed by atoms with Crippen molar-refractivity contribution in [3.63, 3.8) is 0 Å². The molecule has 1 N–H and O–H groups in total. The molecule has 1 aromatic carbocycles. The lowest BCUT2D eigenvalue weighted by atomic mass is 9.71. The van der Waals surface area contributed by atoms with Gasteiger partial charge in [-0.05, 0) is 55.2 Å². The first-order valence-corrected chi connectivity index (χ1v) is 8.24. The molecular weight excluding hydrogens is 276 g/mol. The van der Waals surface area contributed by atoms with Crippen molar-refractivity contribution in [1.82, 2.24) is 0 Å². The minimum absolute atomic E-state index is 0.518. The predicted molar refractivity (Wildman–Crippen MR) is 84.4 cm³/mol. The summed E-state index contributed by atoms with van der Waals surface area (Å²) in [5.74, 6) is 0. The van der Waals surface area contributed by atoms with Crippen LogP contribution in [0.4, 0.5) is 0 Å². The van der Waals surface area contributed by atoms with Crippen LogP contribution in [0.15, 0.2) is 53.6 Å². The molecule has 3 aliphatic rings. The van der Waals surface area contributed by atoms with Crippen LogP contribution in [0.3, 0.4) is 0 Å². The highest BCUT2D eigenvalue weighted by atomic mass is 17.1. The maximum Gasteiger partial charge on any atom is 0.184 e. The van der Waals surface area contributed by atoms with Crippen LogP contribution in [0.25, 0.3) is 0 Å². The zero-order valence-corrected chi connectivity index (χ0v) is 12.8. The van der Waals surface area contributed by atoms with Crippen molar-refractivity contribution in [2.45, 2.75) is 49.7 Å². The van der Waals surface area contributed by atoms with Crippen LogP contribution in [0.5, 0.6) is 0 Å². The number of epoxide rings is 1. The molecule has 22 heavy (non-hydrogen) atoms. The van der Waals surface area contributed by atoms with E-state index in [0.29, 0.717) is 6.61 Å². The van der Waals surface area contributed by atoms with Gasteiger partial charge in [0.05, 0.1) is 6.61 Å². The maximum atomic E-state index is 10.1. The fourth-order valence-electron chi connectivity index (χ4n) is 4.25. The third kappa shape index (κ3) is 1.86. The number of benzene rings is 1. The Bertz CT molecular complexity index is 613. The van der Waals surface area contributed by atoms with E-state index in [1.165, 1.54) is 5.57 Å². The minimum Gasteiger partial charge on any atom is -0.361 e. The number of allylic oxidation sites excluding steroid dienone is 2. The molecule has 1 aliphatic heterocycles. The van der Waals surface area contributed by atoms with E-state index in [2.05, 4.69) is 12.2 Å². The Balaban J connectivity index is 1.89. The fourth-order valence-corrected chi connectivity index (χ4v) is 4.25. The lowest BCUT2D eigenvalue weighted by Crippen LogP contribution is -2.47. The maximum absolute atomic E-state index is 10.1. The molecule has 1 saturated heterocycles. The van der Waals surface area contributed by atoms with Crippen molar-refractivity contribution < 1.29 is 14.9 Å². The predicted octanol–water partition coefficient (Wildman–Crippen LogP) is 4.36. The second-order valence-corrected chi connectivity index (χ2v) is 6.50. The standard InChI is InChI=1S/C19H22O3/c20-22-19(17-12-6-7-13-17,16-10-2-1-3-11-16)18(14-21-18)15-8-4-5-9-15/h1-3,8,10-12,20H,4-7,9,13-14H2. The van der Waals surface area contributed by atoms with Gasteiger partial charge in [-0.3, -0.25) is 5.26 Å². The van der Waals surface area contributed by atoms with Crippen LogP contribution in [0.2, 0.25) is 0 Å². The molecule has 1 heterocycles. The molecule has 116 valence electrons. The van der Waals surface area contributed by atoms with Gasteiger partial charge in [-0.15, -0.1) is 0 Å². The normalized spacial score (nSPS) is 29.9. The Labute approximate surface area is 131 Å². The van der Waals surface area contributed by atoms with Crippen LogP contribution in [-0.4, -0.2) is 17.5 Å². The molecule has 0 saturated carbocycles. The largest absolute Gasteiger partial charge is 0.361 e. The van der Waals surface area contributed by atoms with E-state index in [4.69, 9.17) is 9.62 Å². The highest BCUT2D eigenvalue weighted by Gasteiger charge is 2.67. The van der Waals surface area contributed by atoms with Gasteiger partial charge in [0.15, 0.2) is 11.2 Å². The van der Waals surface area contributed by atoms with Gasteiger partial charge in [-0.1, -0.05) is 42.5 Å². The number of rotatable bonds is 5. The van der Waals surface area contributed by atoms with Gasteiger partial charge in [-0.25, -0.2) is 4.89 Å². The number of hydrogen-bond donors (Lipinski definition) is 1. The summed E-state index contributed by atoms with van der Waals surface area (Å²) in [4.78, 5) is 5.31. The SMILES string of the molecule is OOC(C1=CCCC1)(c1ccccc1)C1(C2=CCCC2)CO1. The molecule has 0 aromatic heterocycles. The summed E-state index contributed by atoms with van der Waals surface area (Å²) in [7, 11) is 0. The summed E-state index contributed by atoms with van der Waals surface area (Å²) < 4.78 is 6.01. The van der Waals surface area contributed by atoms with E-state index in [9.17, 15) is 5.26 Å². The van der Waals surface area contributed by atoms with Gasteiger partial charge in [0.1, 0.15) is 0 Å². The van der Waals surface area contributed by atoms with Crippen molar-refractivity contribution in [2.75, 3.05) is 6.61 Å². The lowest BCUT2D eigenvalue weighted by molar-refractivity contribution is -0.330. The van der Waals surface area contributed by atoms with E-state index < -0.39 is 11.2 Å². The Morgan fingerprint density at radius 1 is 1.05 bits per heavy atom. The van der Waals surface area contributed by atoms with Crippen LogP contribution in [-0.2, 0) is 15.2 Å². The number of hydrogen-bond acceptors (Lipinski definition) is 3. The fraction of sp³-hybridized carbons (Fsp3) is 0.474.